The van der Waals surface area contributed by atoms with E-state index in [9.17, 15) is 30.4 Å². The van der Waals surface area contributed by atoms with E-state index < -0.39 is 31.7 Å². The quantitative estimate of drug-likeness (QED) is 0.410. The van der Waals surface area contributed by atoms with Gasteiger partial charge < -0.3 is 10.1 Å². The summed E-state index contributed by atoms with van der Waals surface area (Å²) in [5.41, 5.74) is -0.0237. The molecule has 0 unspecified atom stereocenters. The molecule has 1 amide bonds. The first-order chi connectivity index (χ1) is 17.0. The molecule has 0 spiro atoms. The maximum Gasteiger partial charge on any atom is 0.243 e. The zero-order valence-electron chi connectivity index (χ0n) is 19.8. The number of nitrogens with one attached hydrogen (secondary N) is 1. The van der Waals surface area contributed by atoms with Crippen LogP contribution in [0.2, 0.25) is 0 Å². The van der Waals surface area contributed by atoms with Crippen molar-refractivity contribution in [3.05, 3.63) is 54.1 Å². The molecule has 0 saturated carbocycles. The van der Waals surface area contributed by atoms with Crippen molar-refractivity contribution < 1.29 is 35.1 Å². The zero-order valence-corrected chi connectivity index (χ0v) is 21.5. The molecular weight excluding hydrogens is 516 g/mol. The van der Waals surface area contributed by atoms with E-state index in [1.54, 1.807) is 12.1 Å². The predicted molar refractivity (Wildman–Crippen MR) is 131 cm³/mol. The highest BCUT2D eigenvalue weighted by atomic mass is 32.2. The van der Waals surface area contributed by atoms with Crippen LogP contribution in [0.25, 0.3) is 0 Å². The number of anilines is 1. The van der Waals surface area contributed by atoms with Gasteiger partial charge in [0.2, 0.25) is 26.0 Å². The molecule has 36 heavy (non-hydrogen) atoms. The lowest BCUT2D eigenvalue weighted by Gasteiger charge is -2.22. The van der Waals surface area contributed by atoms with Gasteiger partial charge in [0.1, 0.15) is 12.4 Å². The minimum absolute atomic E-state index is 0.0127. The highest BCUT2D eigenvalue weighted by Crippen LogP contribution is 2.23. The van der Waals surface area contributed by atoms with Crippen molar-refractivity contribution in [3.8, 4) is 5.75 Å². The summed E-state index contributed by atoms with van der Waals surface area (Å²) in [6.07, 6.45) is 2.83. The number of halogens is 2. The Morgan fingerprint density at radius 1 is 1.03 bits per heavy atom. The van der Waals surface area contributed by atoms with Crippen LogP contribution in [0.15, 0.2) is 47.4 Å². The molecule has 2 aromatic rings. The number of hydrogen-bond donors (Lipinski definition) is 1. The molecule has 1 aliphatic rings. The second kappa shape index (κ2) is 12.0. The molecule has 13 heteroatoms. The standard InChI is InChI=1S/C23H29F2N3O6S2/c1-35(30,31)28(18-6-11-21(24)22(25)17-18)15-4-5-23(29)26-12-16-34-19-7-9-20(10-8-19)36(32,33)27-13-2-3-14-27/h6-11,17H,2-5,12-16H2,1H3,(H,26,29). The second-order valence-electron chi connectivity index (χ2n) is 8.32. The highest BCUT2D eigenvalue weighted by Gasteiger charge is 2.27. The third kappa shape index (κ3) is 7.37. The van der Waals surface area contributed by atoms with Gasteiger partial charge >= 0.3 is 0 Å². The average molecular weight is 546 g/mol. The third-order valence-electron chi connectivity index (χ3n) is 5.58. The van der Waals surface area contributed by atoms with Crippen LogP contribution in [0.3, 0.4) is 0 Å². The summed E-state index contributed by atoms with van der Waals surface area (Å²) in [5, 5.41) is 2.65. The molecule has 0 aromatic heterocycles. The molecular formula is C23H29F2N3O6S2. The first-order valence-corrected chi connectivity index (χ1v) is 14.7. The normalized spacial score (nSPS) is 14.5. The van der Waals surface area contributed by atoms with Gasteiger partial charge in [-0.15, -0.1) is 0 Å². The molecule has 1 heterocycles. The van der Waals surface area contributed by atoms with E-state index in [1.807, 2.05) is 0 Å². The summed E-state index contributed by atoms with van der Waals surface area (Å²) in [6, 6.07) is 8.89. The van der Waals surface area contributed by atoms with E-state index in [-0.39, 0.29) is 49.0 Å². The van der Waals surface area contributed by atoms with Crippen LogP contribution in [0, 0.1) is 11.6 Å². The van der Waals surface area contributed by atoms with Gasteiger partial charge in [-0.05, 0) is 55.7 Å². The lowest BCUT2D eigenvalue weighted by Crippen LogP contribution is -2.33. The summed E-state index contributed by atoms with van der Waals surface area (Å²) in [4.78, 5) is 12.3. The van der Waals surface area contributed by atoms with Crippen molar-refractivity contribution in [2.45, 2.75) is 30.6 Å². The Morgan fingerprint density at radius 3 is 2.31 bits per heavy atom. The van der Waals surface area contributed by atoms with Crippen LogP contribution in [0.1, 0.15) is 25.7 Å². The van der Waals surface area contributed by atoms with Crippen molar-refractivity contribution in [2.24, 2.45) is 0 Å². The molecule has 0 atom stereocenters. The molecule has 0 bridgehead atoms. The van der Waals surface area contributed by atoms with Crippen molar-refractivity contribution in [1.29, 1.82) is 0 Å². The van der Waals surface area contributed by atoms with Gasteiger partial charge in [0.15, 0.2) is 11.6 Å². The number of ether oxygens (including phenoxy) is 1. The van der Waals surface area contributed by atoms with E-state index in [0.717, 1.165) is 41.6 Å². The molecule has 1 fully saturated rings. The fourth-order valence-electron chi connectivity index (χ4n) is 3.74. The molecule has 3 rings (SSSR count). The number of carbonyl (C=O) groups is 1. The number of sulfonamides is 2. The maximum absolute atomic E-state index is 13.5. The molecule has 0 radical (unpaired) electrons. The fraction of sp³-hybridized carbons (Fsp3) is 0.435. The maximum atomic E-state index is 13.5. The van der Waals surface area contributed by atoms with Gasteiger partial charge in [0, 0.05) is 32.1 Å². The lowest BCUT2D eigenvalue weighted by molar-refractivity contribution is -0.121. The molecule has 1 saturated heterocycles. The van der Waals surface area contributed by atoms with E-state index in [4.69, 9.17) is 4.74 Å². The lowest BCUT2D eigenvalue weighted by atomic mass is 10.2. The number of rotatable bonds is 12. The van der Waals surface area contributed by atoms with Gasteiger partial charge in [-0.3, -0.25) is 9.10 Å². The summed E-state index contributed by atoms with van der Waals surface area (Å²) >= 11 is 0. The summed E-state index contributed by atoms with van der Waals surface area (Å²) in [7, 11) is -7.26. The Morgan fingerprint density at radius 2 is 1.69 bits per heavy atom. The van der Waals surface area contributed by atoms with Gasteiger partial charge in [-0.25, -0.2) is 25.6 Å². The molecule has 0 aliphatic carbocycles. The Labute approximate surface area is 210 Å². The van der Waals surface area contributed by atoms with Crippen molar-refractivity contribution >= 4 is 31.6 Å². The monoisotopic (exact) mass is 545 g/mol. The average Bonchev–Trinajstić information content (AvgIpc) is 3.37. The fourth-order valence-corrected chi connectivity index (χ4v) is 6.22. The Kier molecular flexibility index (Phi) is 9.25. The number of amides is 1. The van der Waals surface area contributed by atoms with Crippen molar-refractivity contribution in [3.63, 3.8) is 0 Å². The van der Waals surface area contributed by atoms with Crippen LogP contribution in [-0.2, 0) is 24.8 Å². The van der Waals surface area contributed by atoms with Crippen LogP contribution in [0.5, 0.6) is 5.75 Å². The molecule has 198 valence electrons. The number of nitrogens with zero attached hydrogens (tertiary/aromatic N) is 2. The minimum atomic E-state index is -3.76. The van der Waals surface area contributed by atoms with Crippen molar-refractivity contribution in [2.75, 3.05) is 43.3 Å². The van der Waals surface area contributed by atoms with E-state index in [1.165, 1.54) is 16.4 Å². The number of hydrogen-bond acceptors (Lipinski definition) is 6. The SMILES string of the molecule is CS(=O)(=O)N(CCCC(=O)NCCOc1ccc(S(=O)(=O)N2CCCC2)cc1)c1ccc(F)c(F)c1. The largest absolute Gasteiger partial charge is 0.492 e. The highest BCUT2D eigenvalue weighted by molar-refractivity contribution is 7.92. The van der Waals surface area contributed by atoms with Crippen LogP contribution in [0.4, 0.5) is 14.5 Å². The van der Waals surface area contributed by atoms with Crippen LogP contribution in [-0.4, -0.2) is 66.1 Å². The molecule has 1 N–H and O–H groups in total. The Balaban J connectivity index is 1.41. The second-order valence-corrected chi connectivity index (χ2v) is 12.2. The van der Waals surface area contributed by atoms with Gasteiger partial charge in [0.05, 0.1) is 23.4 Å². The summed E-state index contributed by atoms with van der Waals surface area (Å²) in [6.45, 7) is 1.30. The zero-order chi connectivity index (χ0) is 26.3. The molecule has 1 aliphatic heterocycles. The van der Waals surface area contributed by atoms with Gasteiger partial charge in [-0.1, -0.05) is 0 Å². The smallest absolute Gasteiger partial charge is 0.243 e. The summed E-state index contributed by atoms with van der Waals surface area (Å²) in [5.74, 6) is -2.12. The van der Waals surface area contributed by atoms with Gasteiger partial charge in [-0.2, -0.15) is 4.31 Å². The first-order valence-electron chi connectivity index (χ1n) is 11.4. The van der Waals surface area contributed by atoms with E-state index in [0.29, 0.717) is 18.8 Å². The Hall–Kier alpha value is -2.77. The molecule has 2 aromatic carbocycles. The first kappa shape index (κ1) is 27.8. The third-order valence-corrected chi connectivity index (χ3v) is 8.68. The topological polar surface area (TPSA) is 113 Å². The predicted octanol–water partition coefficient (Wildman–Crippen LogP) is 2.49. The number of carbonyl (C=O) groups excluding carboxylic acids is 1. The minimum Gasteiger partial charge on any atom is -0.492 e. The molecule has 9 nitrogen and oxygen atoms in total. The van der Waals surface area contributed by atoms with E-state index in [2.05, 4.69) is 5.32 Å². The number of benzene rings is 2. The van der Waals surface area contributed by atoms with Crippen LogP contribution < -0.4 is 14.4 Å². The van der Waals surface area contributed by atoms with Gasteiger partial charge in [0.25, 0.3) is 0 Å². The van der Waals surface area contributed by atoms with Crippen LogP contribution >= 0.6 is 0 Å². The summed E-state index contributed by atoms with van der Waals surface area (Å²) < 4.78 is 83.8. The van der Waals surface area contributed by atoms with Crippen molar-refractivity contribution in [1.82, 2.24) is 9.62 Å². The van der Waals surface area contributed by atoms with E-state index >= 15 is 0 Å². The Bertz CT molecular complexity index is 1270.